The molecule has 4 nitrogen and oxygen atoms in total. The van der Waals surface area contributed by atoms with Crippen LogP contribution in [-0.2, 0) is 6.61 Å². The summed E-state index contributed by atoms with van der Waals surface area (Å²) >= 11 is 0. The topological polar surface area (TPSA) is 75.4 Å². The van der Waals surface area contributed by atoms with Crippen molar-refractivity contribution in [2.24, 2.45) is 0 Å². The fourth-order valence-electron chi connectivity index (χ4n) is 1.61. The van der Waals surface area contributed by atoms with Crippen LogP contribution in [0, 0.1) is 5.82 Å². The Hall–Kier alpha value is -2.40. The number of hydrogen-bond acceptors (Lipinski definition) is 3. The van der Waals surface area contributed by atoms with Gasteiger partial charge in [0.15, 0.2) is 0 Å². The second kappa shape index (κ2) is 5.49. The molecule has 2 rings (SSSR count). The number of anilines is 2. The first-order valence-corrected chi connectivity index (χ1v) is 5.66. The van der Waals surface area contributed by atoms with Crippen molar-refractivity contribution in [2.75, 3.05) is 11.1 Å². The van der Waals surface area contributed by atoms with Gasteiger partial charge in [0.1, 0.15) is 5.82 Å². The summed E-state index contributed by atoms with van der Waals surface area (Å²) in [5, 5.41) is 11.5. The molecule has 2 aromatic carbocycles. The Morgan fingerprint density at radius 3 is 2.47 bits per heavy atom. The minimum absolute atomic E-state index is 0.0686. The number of hydrogen-bond donors (Lipinski definition) is 3. The molecule has 0 unspecified atom stereocenters. The highest BCUT2D eigenvalue weighted by Gasteiger charge is 2.11. The van der Waals surface area contributed by atoms with Crippen molar-refractivity contribution in [3.63, 3.8) is 0 Å². The number of benzene rings is 2. The molecule has 98 valence electrons. The number of halogens is 1. The van der Waals surface area contributed by atoms with Crippen LogP contribution in [0.5, 0.6) is 0 Å². The van der Waals surface area contributed by atoms with Crippen LogP contribution in [0.3, 0.4) is 0 Å². The lowest BCUT2D eigenvalue weighted by Gasteiger charge is -2.07. The first kappa shape index (κ1) is 13.0. The molecule has 0 saturated carbocycles. The molecule has 4 N–H and O–H groups in total. The molecule has 0 aliphatic rings. The van der Waals surface area contributed by atoms with Gasteiger partial charge < -0.3 is 16.2 Å². The van der Waals surface area contributed by atoms with E-state index in [2.05, 4.69) is 5.32 Å². The minimum atomic E-state index is -0.663. The number of amides is 1. The molecule has 0 heterocycles. The Balaban J connectivity index is 2.15. The molecule has 19 heavy (non-hydrogen) atoms. The molecule has 2 aromatic rings. The number of nitrogen functional groups attached to an aromatic ring is 1. The molecule has 0 fully saturated rings. The van der Waals surface area contributed by atoms with E-state index in [1.807, 2.05) is 0 Å². The molecule has 0 aliphatic carbocycles. The minimum Gasteiger partial charge on any atom is -0.399 e. The van der Waals surface area contributed by atoms with E-state index in [-0.39, 0.29) is 17.9 Å². The summed E-state index contributed by atoms with van der Waals surface area (Å²) in [5.41, 5.74) is 6.87. The maximum atomic E-state index is 13.5. The van der Waals surface area contributed by atoms with E-state index < -0.39 is 11.7 Å². The van der Waals surface area contributed by atoms with E-state index in [0.717, 1.165) is 11.6 Å². The molecule has 0 aromatic heterocycles. The summed E-state index contributed by atoms with van der Waals surface area (Å²) < 4.78 is 13.5. The molecule has 0 saturated heterocycles. The first-order chi connectivity index (χ1) is 9.10. The van der Waals surface area contributed by atoms with Gasteiger partial charge in [-0.25, -0.2) is 4.39 Å². The van der Waals surface area contributed by atoms with Crippen molar-refractivity contribution in [1.29, 1.82) is 0 Å². The summed E-state index contributed by atoms with van der Waals surface area (Å²) in [5.74, 6) is -1.21. The summed E-state index contributed by atoms with van der Waals surface area (Å²) in [7, 11) is 0. The predicted molar refractivity (Wildman–Crippen MR) is 71.1 cm³/mol. The molecule has 1 amide bonds. The Labute approximate surface area is 109 Å². The van der Waals surface area contributed by atoms with Crippen LogP contribution >= 0.6 is 0 Å². The Morgan fingerprint density at radius 1 is 1.21 bits per heavy atom. The van der Waals surface area contributed by atoms with Crippen LogP contribution < -0.4 is 11.1 Å². The van der Waals surface area contributed by atoms with Crippen LogP contribution in [0.1, 0.15) is 15.9 Å². The van der Waals surface area contributed by atoms with Crippen molar-refractivity contribution in [2.45, 2.75) is 6.61 Å². The number of rotatable bonds is 3. The smallest absolute Gasteiger partial charge is 0.258 e. The van der Waals surface area contributed by atoms with Gasteiger partial charge in [-0.3, -0.25) is 4.79 Å². The molecule has 0 atom stereocenters. The van der Waals surface area contributed by atoms with Crippen molar-refractivity contribution < 1.29 is 14.3 Å². The van der Waals surface area contributed by atoms with Gasteiger partial charge in [0, 0.05) is 11.4 Å². The Kier molecular flexibility index (Phi) is 3.77. The summed E-state index contributed by atoms with van der Waals surface area (Å²) in [6.07, 6.45) is 0. The van der Waals surface area contributed by atoms with Crippen molar-refractivity contribution >= 4 is 17.3 Å². The third kappa shape index (κ3) is 3.08. The zero-order valence-corrected chi connectivity index (χ0v) is 10.1. The first-order valence-electron chi connectivity index (χ1n) is 5.66. The van der Waals surface area contributed by atoms with Crippen LogP contribution in [-0.4, -0.2) is 11.0 Å². The van der Waals surface area contributed by atoms with Gasteiger partial charge >= 0.3 is 0 Å². The molecule has 0 spiro atoms. The van der Waals surface area contributed by atoms with Crippen molar-refractivity contribution in [3.05, 3.63) is 59.4 Å². The standard InChI is InChI=1S/C14H13FN2O2/c15-13-7-10(16)3-6-12(13)14(19)17-11-4-1-9(8-18)2-5-11/h1-7,18H,8,16H2,(H,17,19). The molecule has 0 bridgehead atoms. The number of nitrogens with one attached hydrogen (secondary N) is 1. The number of aliphatic hydroxyl groups is 1. The van der Waals surface area contributed by atoms with Gasteiger partial charge in [-0.05, 0) is 35.9 Å². The lowest BCUT2D eigenvalue weighted by atomic mass is 10.1. The van der Waals surface area contributed by atoms with Crippen LogP contribution in [0.4, 0.5) is 15.8 Å². The number of carbonyl (C=O) groups is 1. The van der Waals surface area contributed by atoms with E-state index in [1.165, 1.54) is 12.1 Å². The highest BCUT2D eigenvalue weighted by Crippen LogP contribution is 2.15. The number of nitrogens with two attached hydrogens (primary N) is 1. The maximum absolute atomic E-state index is 13.5. The highest BCUT2D eigenvalue weighted by molar-refractivity contribution is 6.04. The van der Waals surface area contributed by atoms with E-state index in [4.69, 9.17) is 10.8 Å². The Morgan fingerprint density at radius 2 is 1.89 bits per heavy atom. The fraction of sp³-hybridized carbons (Fsp3) is 0.0714. The zero-order valence-electron chi connectivity index (χ0n) is 10.1. The number of carbonyl (C=O) groups excluding carboxylic acids is 1. The number of aliphatic hydroxyl groups excluding tert-OH is 1. The summed E-state index contributed by atoms with van der Waals surface area (Å²) in [4.78, 5) is 11.9. The monoisotopic (exact) mass is 260 g/mol. The Bertz CT molecular complexity index is 597. The second-order valence-corrected chi connectivity index (χ2v) is 4.05. The van der Waals surface area contributed by atoms with E-state index >= 15 is 0 Å². The van der Waals surface area contributed by atoms with Gasteiger partial charge in [0.05, 0.1) is 12.2 Å². The van der Waals surface area contributed by atoms with Crippen molar-refractivity contribution in [3.8, 4) is 0 Å². The van der Waals surface area contributed by atoms with E-state index in [9.17, 15) is 9.18 Å². The van der Waals surface area contributed by atoms with Crippen molar-refractivity contribution in [1.82, 2.24) is 0 Å². The molecule has 0 radical (unpaired) electrons. The average Bonchev–Trinajstić information content (AvgIpc) is 2.39. The van der Waals surface area contributed by atoms with E-state index in [1.54, 1.807) is 24.3 Å². The molecular formula is C14H13FN2O2. The SMILES string of the molecule is Nc1ccc(C(=O)Nc2ccc(CO)cc2)c(F)c1. The normalized spacial score (nSPS) is 10.2. The highest BCUT2D eigenvalue weighted by atomic mass is 19.1. The van der Waals surface area contributed by atoms with Crippen LogP contribution in [0.15, 0.2) is 42.5 Å². The molecule has 5 heteroatoms. The van der Waals surface area contributed by atoms with Gasteiger partial charge in [0.2, 0.25) is 0 Å². The summed E-state index contributed by atoms with van der Waals surface area (Å²) in [6, 6.07) is 10.5. The van der Waals surface area contributed by atoms with Gasteiger partial charge in [-0.1, -0.05) is 12.1 Å². The zero-order chi connectivity index (χ0) is 13.8. The molecular weight excluding hydrogens is 247 g/mol. The van der Waals surface area contributed by atoms with Gasteiger partial charge in [0.25, 0.3) is 5.91 Å². The summed E-state index contributed by atoms with van der Waals surface area (Å²) in [6.45, 7) is -0.0686. The second-order valence-electron chi connectivity index (χ2n) is 4.05. The van der Waals surface area contributed by atoms with E-state index in [0.29, 0.717) is 5.69 Å². The third-order valence-electron chi connectivity index (χ3n) is 2.63. The maximum Gasteiger partial charge on any atom is 0.258 e. The van der Waals surface area contributed by atoms with Gasteiger partial charge in [-0.15, -0.1) is 0 Å². The third-order valence-corrected chi connectivity index (χ3v) is 2.63. The van der Waals surface area contributed by atoms with Crippen LogP contribution in [0.2, 0.25) is 0 Å². The largest absolute Gasteiger partial charge is 0.399 e. The van der Waals surface area contributed by atoms with Crippen LogP contribution in [0.25, 0.3) is 0 Å². The van der Waals surface area contributed by atoms with Gasteiger partial charge in [-0.2, -0.15) is 0 Å². The quantitative estimate of drug-likeness (QED) is 0.740. The fourth-order valence-corrected chi connectivity index (χ4v) is 1.61. The lowest BCUT2D eigenvalue weighted by Crippen LogP contribution is -2.13. The average molecular weight is 260 g/mol. The molecule has 0 aliphatic heterocycles. The lowest BCUT2D eigenvalue weighted by molar-refractivity contribution is 0.102. The predicted octanol–water partition coefficient (Wildman–Crippen LogP) is 2.15.